The Morgan fingerprint density at radius 1 is 1.15 bits per heavy atom. The zero-order chi connectivity index (χ0) is 29.1. The van der Waals surface area contributed by atoms with Crippen LogP contribution in [0.2, 0.25) is 0 Å². The number of hydrogen-bond acceptors (Lipinski definition) is 12. The van der Waals surface area contributed by atoms with Crippen LogP contribution < -0.4 is 9.47 Å². The molecule has 1 aromatic rings. The lowest BCUT2D eigenvalue weighted by Crippen LogP contribution is -2.74. The van der Waals surface area contributed by atoms with Gasteiger partial charge in [-0.2, -0.15) is 0 Å². The summed E-state index contributed by atoms with van der Waals surface area (Å²) in [6.45, 7) is 0.610. The van der Waals surface area contributed by atoms with Crippen molar-refractivity contribution in [1.82, 2.24) is 4.90 Å². The van der Waals surface area contributed by atoms with Crippen LogP contribution in [0.1, 0.15) is 30.4 Å². The Kier molecular flexibility index (Phi) is 6.77. The first-order chi connectivity index (χ1) is 18.9. The molecule has 5 rings (SSSR count). The maximum absolute atomic E-state index is 12.9. The van der Waals surface area contributed by atoms with Gasteiger partial charge >= 0.3 is 23.9 Å². The van der Waals surface area contributed by atoms with Crippen LogP contribution in [0.4, 0.5) is 0 Å². The minimum absolute atomic E-state index is 0.0435. The molecule has 2 heterocycles. The fourth-order valence-electron chi connectivity index (χ4n) is 6.57. The van der Waals surface area contributed by atoms with E-state index in [4.69, 9.17) is 24.4 Å². The molecule has 2 bridgehead atoms. The van der Waals surface area contributed by atoms with Gasteiger partial charge in [-0.25, -0.2) is 14.4 Å². The predicted molar refractivity (Wildman–Crippen MR) is 129 cm³/mol. The van der Waals surface area contributed by atoms with Crippen molar-refractivity contribution in [2.75, 3.05) is 20.7 Å². The van der Waals surface area contributed by atoms with E-state index in [1.165, 1.54) is 13.2 Å². The molecule has 40 heavy (non-hydrogen) atoms. The van der Waals surface area contributed by atoms with Gasteiger partial charge in [-0.1, -0.05) is 6.07 Å². The maximum Gasteiger partial charge on any atom is 0.345 e. The molecule has 7 atom stereocenters. The first kappa shape index (κ1) is 27.8. The van der Waals surface area contributed by atoms with Crippen molar-refractivity contribution in [3.63, 3.8) is 0 Å². The molecule has 0 radical (unpaired) electrons. The molecule has 4 aliphatic rings. The largest absolute Gasteiger partial charge is 0.493 e. The van der Waals surface area contributed by atoms with Crippen molar-refractivity contribution < 1.29 is 63.7 Å². The molecule has 14 heteroatoms. The highest BCUT2D eigenvalue weighted by Crippen LogP contribution is 2.65. The van der Waals surface area contributed by atoms with Gasteiger partial charge in [0.15, 0.2) is 29.8 Å². The average molecular weight is 564 g/mol. The Morgan fingerprint density at radius 2 is 1.85 bits per heavy atom. The van der Waals surface area contributed by atoms with E-state index < -0.39 is 65.7 Å². The lowest BCUT2D eigenvalue weighted by molar-refractivity contribution is -0.184. The van der Waals surface area contributed by atoms with E-state index in [0.717, 1.165) is 11.1 Å². The fourth-order valence-corrected chi connectivity index (χ4v) is 6.57. The SMILES string of the molecule is COc1ccc2c3c1O[C@@H]1C(OC(=O)[C@H](O)[C@@H](O)C(=O)O[C@H](CC(=O)O)C(=O)O)=CC[C@]4(O)[C@H](C2)N(C)CC[C@@]314. The van der Waals surface area contributed by atoms with Crippen LogP contribution in [0.3, 0.4) is 0 Å². The fraction of sp³-hybridized carbons (Fsp3) is 0.538. The third-order valence-corrected chi connectivity index (χ3v) is 8.45. The Labute approximate surface area is 227 Å². The lowest BCUT2D eigenvalue weighted by atomic mass is 9.50. The summed E-state index contributed by atoms with van der Waals surface area (Å²) in [5.41, 5.74) is -0.573. The van der Waals surface area contributed by atoms with Crippen LogP contribution in [0, 0.1) is 0 Å². The molecular weight excluding hydrogens is 534 g/mol. The van der Waals surface area contributed by atoms with E-state index in [2.05, 4.69) is 9.64 Å². The first-order valence-corrected chi connectivity index (χ1v) is 12.6. The van der Waals surface area contributed by atoms with Crippen LogP contribution in [-0.2, 0) is 40.5 Å². The zero-order valence-electron chi connectivity index (χ0n) is 21.6. The normalized spacial score (nSPS) is 30.1. The number of hydrogen-bond donors (Lipinski definition) is 5. The highest BCUT2D eigenvalue weighted by molar-refractivity contribution is 5.88. The number of carbonyl (C=O) groups excluding carboxylic acids is 2. The molecule has 2 aliphatic heterocycles. The van der Waals surface area contributed by atoms with Gasteiger partial charge in [0.2, 0.25) is 6.10 Å². The summed E-state index contributed by atoms with van der Waals surface area (Å²) in [6.07, 6.45) is -6.77. The number of carboxylic acids is 2. The van der Waals surface area contributed by atoms with E-state index in [9.17, 15) is 34.5 Å². The van der Waals surface area contributed by atoms with E-state index >= 15 is 0 Å². The summed E-state index contributed by atoms with van der Waals surface area (Å²) >= 11 is 0. The second-order valence-corrected chi connectivity index (χ2v) is 10.5. The molecule has 2 aliphatic carbocycles. The molecule has 0 saturated carbocycles. The molecular formula is C26H29NO13. The minimum Gasteiger partial charge on any atom is -0.493 e. The smallest absolute Gasteiger partial charge is 0.345 e. The number of rotatable bonds is 9. The van der Waals surface area contributed by atoms with Gasteiger partial charge in [-0.15, -0.1) is 0 Å². The van der Waals surface area contributed by atoms with Crippen molar-refractivity contribution in [2.45, 2.75) is 67.2 Å². The number of aliphatic carboxylic acids is 2. The van der Waals surface area contributed by atoms with Gasteiger partial charge in [-0.3, -0.25) is 4.79 Å². The van der Waals surface area contributed by atoms with Gasteiger partial charge in [0.05, 0.1) is 24.5 Å². The maximum atomic E-state index is 12.9. The van der Waals surface area contributed by atoms with E-state index in [-0.39, 0.29) is 18.2 Å². The molecule has 0 unspecified atom stereocenters. The van der Waals surface area contributed by atoms with Crippen LogP contribution in [-0.4, -0.2) is 111 Å². The molecule has 5 N–H and O–H groups in total. The summed E-state index contributed by atoms with van der Waals surface area (Å²) in [7, 11) is 3.41. The Balaban J connectivity index is 1.41. The summed E-state index contributed by atoms with van der Waals surface area (Å²) < 4.78 is 21.7. The van der Waals surface area contributed by atoms with Gasteiger partial charge in [0, 0.05) is 18.0 Å². The summed E-state index contributed by atoms with van der Waals surface area (Å²) in [4.78, 5) is 49.1. The topological polar surface area (TPSA) is 210 Å². The third kappa shape index (κ3) is 3.93. The zero-order valence-corrected chi connectivity index (χ0v) is 21.6. The molecule has 1 fully saturated rings. The number of methoxy groups -OCH3 is 1. The number of likely N-dealkylation sites (N-methyl/N-ethyl adjacent to an activating group) is 1. The number of nitrogens with zero attached hydrogens (tertiary/aromatic N) is 1. The van der Waals surface area contributed by atoms with Crippen LogP contribution in [0.25, 0.3) is 0 Å². The number of benzene rings is 1. The Hall–Kier alpha value is -3.72. The van der Waals surface area contributed by atoms with Gasteiger partial charge in [0.25, 0.3) is 0 Å². The minimum atomic E-state index is -2.57. The van der Waals surface area contributed by atoms with Crippen molar-refractivity contribution in [3.8, 4) is 11.5 Å². The summed E-state index contributed by atoms with van der Waals surface area (Å²) in [6, 6.07) is 3.42. The Morgan fingerprint density at radius 3 is 2.50 bits per heavy atom. The predicted octanol–water partition coefficient (Wildman–Crippen LogP) is -1.29. The highest BCUT2D eigenvalue weighted by atomic mass is 16.6. The molecule has 1 aromatic carbocycles. The van der Waals surface area contributed by atoms with Crippen molar-refractivity contribution in [2.24, 2.45) is 0 Å². The molecule has 0 aromatic heterocycles. The second-order valence-electron chi connectivity index (χ2n) is 10.5. The Bertz CT molecular complexity index is 1310. The standard InChI is InChI=1S/C26H29NO13/c1-27-8-7-25-17-11-3-4-12(37-2)20(17)40-21(25)13(5-6-26(25,36)15(27)9-11)38-23(34)18(30)19(31)24(35)39-14(22(32)33)10-16(28)29/h3-5,14-15,18-19,21,30-31,36H,6-10H2,1-2H3,(H,28,29)(H,32,33)/t14-,15+,18-,19-,21-,25-,26+/m1/s1. The van der Waals surface area contributed by atoms with E-state index in [1.807, 2.05) is 13.1 Å². The highest BCUT2D eigenvalue weighted by Gasteiger charge is 2.72. The summed E-state index contributed by atoms with van der Waals surface area (Å²) in [5, 5.41) is 50.5. The monoisotopic (exact) mass is 563 g/mol. The summed E-state index contributed by atoms with van der Waals surface area (Å²) in [5.74, 6) is -5.77. The second kappa shape index (κ2) is 9.73. The number of aliphatic hydroxyl groups excluding tert-OH is 2. The van der Waals surface area contributed by atoms with Crippen LogP contribution >= 0.6 is 0 Å². The van der Waals surface area contributed by atoms with Gasteiger partial charge in [-0.05, 0) is 44.1 Å². The van der Waals surface area contributed by atoms with E-state index in [1.54, 1.807) is 6.07 Å². The molecule has 1 saturated heterocycles. The molecule has 0 amide bonds. The molecule has 14 nitrogen and oxygen atoms in total. The van der Waals surface area contributed by atoms with Crippen molar-refractivity contribution >= 4 is 23.9 Å². The van der Waals surface area contributed by atoms with Crippen LogP contribution in [0.15, 0.2) is 24.0 Å². The first-order valence-electron chi connectivity index (χ1n) is 12.6. The lowest BCUT2D eigenvalue weighted by Gasteiger charge is -2.61. The molecule has 1 spiro atoms. The molecule has 216 valence electrons. The quantitative estimate of drug-likeness (QED) is 0.221. The van der Waals surface area contributed by atoms with Crippen molar-refractivity contribution in [3.05, 3.63) is 35.1 Å². The number of aliphatic hydroxyl groups is 3. The number of likely N-dealkylation sites (tertiary alicyclic amines) is 1. The third-order valence-electron chi connectivity index (χ3n) is 8.45. The number of ether oxygens (including phenoxy) is 4. The van der Waals surface area contributed by atoms with Crippen LogP contribution in [0.5, 0.6) is 11.5 Å². The van der Waals surface area contributed by atoms with Crippen molar-refractivity contribution in [1.29, 1.82) is 0 Å². The average Bonchev–Trinajstić information content (AvgIpc) is 3.26. The van der Waals surface area contributed by atoms with E-state index in [0.29, 0.717) is 30.9 Å². The van der Waals surface area contributed by atoms with Gasteiger partial charge in [0.1, 0.15) is 5.76 Å². The number of carboxylic acid groups (broad SMARTS) is 2. The van der Waals surface area contributed by atoms with Gasteiger partial charge < -0.3 is 49.4 Å². The number of esters is 2. The number of piperidine rings is 1. The number of carbonyl (C=O) groups is 4.